The summed E-state index contributed by atoms with van der Waals surface area (Å²) in [5, 5.41) is 12.6. The molecule has 0 saturated heterocycles. The van der Waals surface area contributed by atoms with Gasteiger partial charge in [-0.2, -0.15) is 8.42 Å². The first-order valence-electron chi connectivity index (χ1n) is 12.7. The summed E-state index contributed by atoms with van der Waals surface area (Å²) in [6.07, 6.45) is 8.07. The SMILES string of the molecule is CCCCc1ccc2c(O)c(Cc3ccccc3)c(CCCC)c(S(=O)(=O)O)c2c1CCCC. The Kier molecular flexibility index (Phi) is 9.15. The number of phenols is 1. The zero-order valence-corrected chi connectivity index (χ0v) is 21.5. The summed E-state index contributed by atoms with van der Waals surface area (Å²) in [5.41, 5.74) is 4.22. The summed E-state index contributed by atoms with van der Waals surface area (Å²) in [6, 6.07) is 13.6. The van der Waals surface area contributed by atoms with Crippen LogP contribution in [-0.4, -0.2) is 18.1 Å². The maximum Gasteiger partial charge on any atom is 0.295 e. The van der Waals surface area contributed by atoms with Gasteiger partial charge in [-0.15, -0.1) is 0 Å². The average Bonchev–Trinajstić information content (AvgIpc) is 2.82. The molecule has 0 atom stereocenters. The van der Waals surface area contributed by atoms with E-state index in [9.17, 15) is 18.1 Å². The summed E-state index contributed by atoms with van der Waals surface area (Å²) in [5.74, 6) is 0.136. The number of benzene rings is 3. The molecular weight excluding hydrogens is 444 g/mol. The molecule has 3 rings (SSSR count). The molecule has 0 fully saturated rings. The van der Waals surface area contributed by atoms with Gasteiger partial charge < -0.3 is 5.11 Å². The summed E-state index contributed by atoms with van der Waals surface area (Å²) < 4.78 is 36.5. The quantitative estimate of drug-likeness (QED) is 0.264. The molecule has 184 valence electrons. The van der Waals surface area contributed by atoms with E-state index in [0.29, 0.717) is 34.7 Å². The Balaban J connectivity index is 2.43. The van der Waals surface area contributed by atoms with Crippen LogP contribution < -0.4 is 0 Å². The molecule has 2 N–H and O–H groups in total. The van der Waals surface area contributed by atoms with Gasteiger partial charge in [0.25, 0.3) is 10.1 Å². The molecule has 0 aliphatic carbocycles. The van der Waals surface area contributed by atoms with Crippen LogP contribution >= 0.6 is 0 Å². The van der Waals surface area contributed by atoms with Crippen molar-refractivity contribution in [1.82, 2.24) is 0 Å². The second-order valence-electron chi connectivity index (χ2n) is 9.21. The second-order valence-corrected chi connectivity index (χ2v) is 10.6. The van der Waals surface area contributed by atoms with Crippen molar-refractivity contribution < 1.29 is 18.1 Å². The normalized spacial score (nSPS) is 11.9. The third kappa shape index (κ3) is 5.81. The number of phenolic OH excluding ortho intramolecular Hbond substituents is 1. The molecule has 4 nitrogen and oxygen atoms in total. The third-order valence-electron chi connectivity index (χ3n) is 6.66. The molecule has 0 spiro atoms. The van der Waals surface area contributed by atoms with Gasteiger partial charge in [0.05, 0.1) is 0 Å². The highest BCUT2D eigenvalue weighted by Crippen LogP contribution is 2.43. The average molecular weight is 483 g/mol. The van der Waals surface area contributed by atoms with Crippen molar-refractivity contribution in [3.05, 3.63) is 70.3 Å². The molecule has 0 amide bonds. The van der Waals surface area contributed by atoms with E-state index in [1.165, 1.54) is 0 Å². The molecule has 0 saturated carbocycles. The van der Waals surface area contributed by atoms with E-state index in [0.717, 1.165) is 68.1 Å². The number of hydrogen-bond acceptors (Lipinski definition) is 3. The first-order chi connectivity index (χ1) is 16.3. The van der Waals surface area contributed by atoms with Gasteiger partial charge in [-0.1, -0.05) is 82.5 Å². The minimum Gasteiger partial charge on any atom is -0.507 e. The molecule has 0 aliphatic rings. The molecule has 3 aromatic rings. The predicted octanol–water partition coefficient (Wildman–Crippen LogP) is 7.41. The highest BCUT2D eigenvalue weighted by Gasteiger charge is 2.28. The molecule has 3 aromatic carbocycles. The Morgan fingerprint density at radius 2 is 1.32 bits per heavy atom. The highest BCUT2D eigenvalue weighted by molar-refractivity contribution is 7.86. The molecule has 5 heteroatoms. The summed E-state index contributed by atoms with van der Waals surface area (Å²) in [6.45, 7) is 6.31. The van der Waals surface area contributed by atoms with Crippen LogP contribution in [0.3, 0.4) is 0 Å². The van der Waals surface area contributed by atoms with Crippen LogP contribution in [0.5, 0.6) is 5.75 Å². The van der Waals surface area contributed by atoms with Crippen molar-refractivity contribution in [3.8, 4) is 5.75 Å². The molecule has 0 bridgehead atoms. The van der Waals surface area contributed by atoms with Crippen molar-refractivity contribution in [2.45, 2.75) is 89.9 Å². The van der Waals surface area contributed by atoms with Gasteiger partial charge in [-0.25, -0.2) is 0 Å². The van der Waals surface area contributed by atoms with Crippen LogP contribution in [0.1, 0.15) is 87.1 Å². The molecular formula is C29H38O4S. The van der Waals surface area contributed by atoms with Crippen LogP contribution in [0.4, 0.5) is 0 Å². The third-order valence-corrected chi connectivity index (χ3v) is 7.62. The lowest BCUT2D eigenvalue weighted by atomic mass is 9.86. The van der Waals surface area contributed by atoms with Gasteiger partial charge in [0.15, 0.2) is 0 Å². The number of rotatable bonds is 12. The van der Waals surface area contributed by atoms with Crippen LogP contribution in [0.2, 0.25) is 0 Å². The first kappa shape index (κ1) is 26.2. The van der Waals surface area contributed by atoms with E-state index in [1.54, 1.807) is 0 Å². The van der Waals surface area contributed by atoms with E-state index >= 15 is 0 Å². The van der Waals surface area contributed by atoms with E-state index in [1.807, 2.05) is 42.5 Å². The van der Waals surface area contributed by atoms with E-state index < -0.39 is 10.1 Å². The number of aryl methyl sites for hydroxylation is 2. The fourth-order valence-corrected chi connectivity index (χ4v) is 5.90. The molecule has 0 aliphatic heterocycles. The van der Waals surface area contributed by atoms with Gasteiger partial charge in [0.2, 0.25) is 0 Å². The smallest absolute Gasteiger partial charge is 0.295 e. The minimum absolute atomic E-state index is 0.00383. The topological polar surface area (TPSA) is 74.6 Å². The summed E-state index contributed by atoms with van der Waals surface area (Å²) in [4.78, 5) is 0.00383. The molecule has 34 heavy (non-hydrogen) atoms. The standard InChI is InChI=1S/C29H38O4S/c1-4-7-15-22-18-19-25-27(23(22)16-8-5-2)29(34(31,32)33)24(17-9-6-3)26(28(25)30)20-21-13-11-10-12-14-21/h10-14,18-19,30H,4-9,15-17,20H2,1-3H3,(H,31,32,33). The van der Waals surface area contributed by atoms with Crippen LogP contribution in [-0.2, 0) is 35.8 Å². The predicted molar refractivity (Wildman–Crippen MR) is 141 cm³/mol. The maximum atomic E-state index is 13.0. The number of unbranched alkanes of at least 4 members (excludes halogenated alkanes) is 3. The zero-order valence-electron chi connectivity index (χ0n) is 20.7. The van der Waals surface area contributed by atoms with Crippen molar-refractivity contribution in [1.29, 1.82) is 0 Å². The first-order valence-corrected chi connectivity index (χ1v) is 14.1. The van der Waals surface area contributed by atoms with Gasteiger partial charge >= 0.3 is 0 Å². The molecule has 0 unspecified atom stereocenters. The Morgan fingerprint density at radius 3 is 1.91 bits per heavy atom. The van der Waals surface area contributed by atoms with Crippen LogP contribution in [0.15, 0.2) is 47.4 Å². The highest BCUT2D eigenvalue weighted by atomic mass is 32.2. The zero-order chi connectivity index (χ0) is 24.7. The Bertz CT molecular complexity index is 1210. The van der Waals surface area contributed by atoms with Gasteiger partial charge in [-0.3, -0.25) is 4.55 Å². The Morgan fingerprint density at radius 1 is 0.735 bits per heavy atom. The van der Waals surface area contributed by atoms with Crippen molar-refractivity contribution in [3.63, 3.8) is 0 Å². The van der Waals surface area contributed by atoms with Gasteiger partial charge in [0, 0.05) is 22.8 Å². The molecule has 0 aromatic heterocycles. The minimum atomic E-state index is -4.52. The maximum absolute atomic E-state index is 13.0. The van der Waals surface area contributed by atoms with Crippen molar-refractivity contribution in [2.24, 2.45) is 0 Å². The molecule has 0 heterocycles. The lowest BCUT2D eigenvalue weighted by Crippen LogP contribution is -2.11. The second kappa shape index (κ2) is 11.9. The van der Waals surface area contributed by atoms with Crippen LogP contribution in [0.25, 0.3) is 10.8 Å². The lowest BCUT2D eigenvalue weighted by Gasteiger charge is -2.22. The fourth-order valence-electron chi connectivity index (χ4n) is 4.87. The Hall–Kier alpha value is -2.37. The van der Waals surface area contributed by atoms with Crippen LogP contribution in [0, 0.1) is 0 Å². The number of fused-ring (bicyclic) bond motifs is 1. The summed E-state index contributed by atoms with van der Waals surface area (Å²) in [7, 11) is -4.52. The lowest BCUT2D eigenvalue weighted by molar-refractivity contribution is 0.471. The van der Waals surface area contributed by atoms with E-state index in [-0.39, 0.29) is 10.6 Å². The van der Waals surface area contributed by atoms with E-state index in [4.69, 9.17) is 0 Å². The Labute approximate surface area is 204 Å². The molecule has 0 radical (unpaired) electrons. The summed E-state index contributed by atoms with van der Waals surface area (Å²) >= 11 is 0. The van der Waals surface area contributed by atoms with E-state index in [2.05, 4.69) is 20.8 Å². The number of aromatic hydroxyl groups is 1. The fraction of sp³-hybridized carbons (Fsp3) is 0.448. The van der Waals surface area contributed by atoms with Crippen molar-refractivity contribution in [2.75, 3.05) is 0 Å². The largest absolute Gasteiger partial charge is 0.507 e. The van der Waals surface area contributed by atoms with Gasteiger partial charge in [0.1, 0.15) is 10.6 Å². The van der Waals surface area contributed by atoms with Gasteiger partial charge in [-0.05, 0) is 60.8 Å². The monoisotopic (exact) mass is 482 g/mol. The van der Waals surface area contributed by atoms with Crippen molar-refractivity contribution >= 4 is 20.9 Å². The number of hydrogen-bond donors (Lipinski definition) is 2.